The van der Waals surface area contributed by atoms with Gasteiger partial charge in [0.1, 0.15) is 5.82 Å². The van der Waals surface area contributed by atoms with Gasteiger partial charge in [0.15, 0.2) is 5.16 Å². The van der Waals surface area contributed by atoms with Crippen molar-refractivity contribution in [2.75, 3.05) is 19.4 Å². The Bertz CT molecular complexity index is 1110. The second kappa shape index (κ2) is 10.8. The van der Waals surface area contributed by atoms with Gasteiger partial charge in [0.2, 0.25) is 15.9 Å². The lowest BCUT2D eigenvalue weighted by atomic mass is 9.89. The molecule has 1 saturated carbocycles. The Hall–Kier alpha value is -2.17. The molecule has 1 atom stereocenters. The number of carbonyl (C=O) groups excluding carboxylic acids is 1. The van der Waals surface area contributed by atoms with E-state index in [0.717, 1.165) is 28.5 Å². The molecule has 1 aromatic carbocycles. The van der Waals surface area contributed by atoms with Crippen molar-refractivity contribution in [2.24, 2.45) is 0 Å². The number of hydrogen-bond acceptors (Lipinski definition) is 6. The number of carbonyl (C=O) groups is 1. The summed E-state index contributed by atoms with van der Waals surface area (Å²) in [5.74, 6) is 1.14. The van der Waals surface area contributed by atoms with Gasteiger partial charge in [-0.25, -0.2) is 12.7 Å². The monoisotopic (exact) mass is 491 g/mol. The fourth-order valence-electron chi connectivity index (χ4n) is 3.90. The molecule has 1 heterocycles. The Morgan fingerprint density at radius 1 is 1.30 bits per heavy atom. The summed E-state index contributed by atoms with van der Waals surface area (Å²) in [5, 5.41) is 12.0. The third-order valence-corrected chi connectivity index (χ3v) is 8.82. The van der Waals surface area contributed by atoms with Gasteiger partial charge >= 0.3 is 0 Å². The first-order chi connectivity index (χ1) is 15.6. The van der Waals surface area contributed by atoms with E-state index < -0.39 is 15.3 Å². The van der Waals surface area contributed by atoms with E-state index in [9.17, 15) is 13.2 Å². The lowest BCUT2D eigenvalue weighted by molar-refractivity contribution is -0.115. The van der Waals surface area contributed by atoms with Crippen molar-refractivity contribution in [3.8, 4) is 0 Å². The topological polar surface area (TPSA) is 97.2 Å². The molecular formula is C23H33N5O3S2. The molecular weight excluding hydrogens is 458 g/mol. The third-order valence-electron chi connectivity index (χ3n) is 5.92. The number of allylic oxidation sites excluding steroid dienone is 1. The number of anilines is 1. The molecule has 2 aromatic rings. The highest BCUT2D eigenvalue weighted by Crippen LogP contribution is 2.34. The minimum atomic E-state index is -3.59. The van der Waals surface area contributed by atoms with Gasteiger partial charge in [-0.2, -0.15) is 0 Å². The molecule has 1 fully saturated rings. The number of nitrogens with zero attached hydrogens (tertiary/aromatic N) is 4. The number of aromatic nitrogens is 3. The molecule has 180 valence electrons. The molecule has 0 bridgehead atoms. The predicted molar refractivity (Wildman–Crippen MR) is 132 cm³/mol. The summed E-state index contributed by atoms with van der Waals surface area (Å²) in [5.41, 5.74) is 1.26. The lowest BCUT2D eigenvalue weighted by Crippen LogP contribution is -2.25. The number of sulfonamides is 1. The third kappa shape index (κ3) is 5.85. The van der Waals surface area contributed by atoms with Crippen LogP contribution in [0.4, 0.5) is 5.69 Å². The smallest absolute Gasteiger partial charge is 0.242 e. The van der Waals surface area contributed by atoms with Gasteiger partial charge in [0, 0.05) is 32.2 Å². The van der Waals surface area contributed by atoms with Crippen molar-refractivity contribution in [2.45, 2.75) is 73.7 Å². The summed E-state index contributed by atoms with van der Waals surface area (Å²) < 4.78 is 28.2. The normalized spacial score (nSPS) is 16.0. The van der Waals surface area contributed by atoms with E-state index in [-0.39, 0.29) is 10.8 Å². The number of benzene rings is 1. The number of nitrogens with one attached hydrogen (secondary N) is 1. The number of hydrogen-bond donors (Lipinski definition) is 1. The number of amides is 1. The molecule has 33 heavy (non-hydrogen) atoms. The number of aryl methyl sites for hydroxylation is 1. The van der Waals surface area contributed by atoms with Crippen LogP contribution in [0.3, 0.4) is 0 Å². The molecule has 1 N–H and O–H groups in total. The first-order valence-electron chi connectivity index (χ1n) is 11.2. The van der Waals surface area contributed by atoms with Crippen LogP contribution in [0.5, 0.6) is 0 Å². The zero-order valence-corrected chi connectivity index (χ0v) is 21.4. The van der Waals surface area contributed by atoms with E-state index in [1.807, 2.05) is 19.9 Å². The van der Waals surface area contributed by atoms with Crippen LogP contribution in [0.1, 0.15) is 56.3 Å². The van der Waals surface area contributed by atoms with E-state index in [2.05, 4.69) is 26.7 Å². The second-order valence-electron chi connectivity index (χ2n) is 8.59. The van der Waals surface area contributed by atoms with Crippen LogP contribution in [-0.4, -0.2) is 52.7 Å². The van der Waals surface area contributed by atoms with Crippen molar-refractivity contribution in [1.29, 1.82) is 0 Å². The van der Waals surface area contributed by atoms with Gasteiger partial charge in [-0.1, -0.05) is 43.2 Å². The fraction of sp³-hybridized carbons (Fsp3) is 0.522. The summed E-state index contributed by atoms with van der Waals surface area (Å²) in [4.78, 5) is 13.1. The molecule has 1 amide bonds. The Balaban J connectivity index is 1.76. The molecule has 3 rings (SSSR count). The Morgan fingerprint density at radius 3 is 2.64 bits per heavy atom. The van der Waals surface area contributed by atoms with Gasteiger partial charge in [-0.05, 0) is 44.4 Å². The van der Waals surface area contributed by atoms with E-state index in [0.29, 0.717) is 23.3 Å². The second-order valence-corrected chi connectivity index (χ2v) is 12.0. The predicted octanol–water partition coefficient (Wildman–Crippen LogP) is 4.19. The molecule has 0 radical (unpaired) electrons. The highest BCUT2D eigenvalue weighted by atomic mass is 32.2. The highest BCUT2D eigenvalue weighted by Gasteiger charge is 2.26. The maximum atomic E-state index is 13.0. The van der Waals surface area contributed by atoms with Crippen molar-refractivity contribution in [3.63, 3.8) is 0 Å². The zero-order chi connectivity index (χ0) is 24.2. The van der Waals surface area contributed by atoms with Gasteiger partial charge in [-0.3, -0.25) is 4.79 Å². The molecule has 0 aliphatic heterocycles. The van der Waals surface area contributed by atoms with Crippen LogP contribution in [0, 0.1) is 6.92 Å². The molecule has 1 aromatic heterocycles. The fourth-order valence-corrected chi connectivity index (χ4v) is 5.70. The molecule has 0 saturated heterocycles. The first-order valence-corrected chi connectivity index (χ1v) is 13.5. The van der Waals surface area contributed by atoms with Crippen LogP contribution in [0.2, 0.25) is 0 Å². The Labute approximate surface area is 200 Å². The molecule has 1 aliphatic rings. The number of thioether (sulfide) groups is 1. The van der Waals surface area contributed by atoms with Crippen LogP contribution >= 0.6 is 11.8 Å². The van der Waals surface area contributed by atoms with E-state index >= 15 is 0 Å². The SMILES string of the molecule is C=CCn1c(SC(C)C(=O)Nc2cc(S(=O)(=O)N(C)C)ccc2C)nnc1C1CCCCC1. The summed E-state index contributed by atoms with van der Waals surface area (Å²) in [7, 11) is -0.636. The molecule has 1 unspecified atom stereocenters. The maximum Gasteiger partial charge on any atom is 0.242 e. The van der Waals surface area contributed by atoms with Gasteiger partial charge < -0.3 is 9.88 Å². The number of rotatable bonds is 9. The van der Waals surface area contributed by atoms with Crippen molar-refractivity contribution >= 4 is 33.4 Å². The van der Waals surface area contributed by atoms with Gasteiger partial charge in [-0.15, -0.1) is 16.8 Å². The first kappa shape index (κ1) is 25.5. The molecule has 0 spiro atoms. The van der Waals surface area contributed by atoms with E-state index in [1.165, 1.54) is 51.2 Å². The van der Waals surface area contributed by atoms with Crippen LogP contribution in [0.15, 0.2) is 40.9 Å². The summed E-state index contributed by atoms with van der Waals surface area (Å²) in [6, 6.07) is 4.74. The van der Waals surface area contributed by atoms with Crippen molar-refractivity contribution in [1.82, 2.24) is 19.1 Å². The largest absolute Gasteiger partial charge is 0.325 e. The minimum Gasteiger partial charge on any atom is -0.325 e. The summed E-state index contributed by atoms with van der Waals surface area (Å²) in [6.45, 7) is 8.10. The Morgan fingerprint density at radius 2 is 2.00 bits per heavy atom. The minimum absolute atomic E-state index is 0.136. The zero-order valence-electron chi connectivity index (χ0n) is 19.7. The van der Waals surface area contributed by atoms with E-state index in [1.54, 1.807) is 12.1 Å². The average molecular weight is 492 g/mol. The average Bonchev–Trinajstić information content (AvgIpc) is 3.18. The van der Waals surface area contributed by atoms with Crippen molar-refractivity contribution in [3.05, 3.63) is 42.2 Å². The standard InChI is InChI=1S/C23H33N5O3S2/c1-6-14-28-21(18-10-8-7-9-11-18)25-26-23(28)32-17(3)22(29)24-20-15-19(13-12-16(20)2)33(30,31)27(4)5/h6,12-13,15,17-18H,1,7-11,14H2,2-5H3,(H,24,29). The van der Waals surface area contributed by atoms with Gasteiger partial charge in [0.25, 0.3) is 0 Å². The van der Waals surface area contributed by atoms with Gasteiger partial charge in [0.05, 0.1) is 10.1 Å². The Kier molecular flexibility index (Phi) is 8.36. The lowest BCUT2D eigenvalue weighted by Gasteiger charge is -2.21. The maximum absolute atomic E-state index is 13.0. The van der Waals surface area contributed by atoms with Crippen LogP contribution in [0.25, 0.3) is 0 Å². The highest BCUT2D eigenvalue weighted by molar-refractivity contribution is 8.00. The summed E-state index contributed by atoms with van der Waals surface area (Å²) >= 11 is 1.35. The van der Waals surface area contributed by atoms with Crippen LogP contribution in [-0.2, 0) is 21.4 Å². The summed E-state index contributed by atoms with van der Waals surface area (Å²) in [6.07, 6.45) is 7.72. The molecule has 10 heteroatoms. The van der Waals surface area contributed by atoms with Crippen LogP contribution < -0.4 is 5.32 Å². The van der Waals surface area contributed by atoms with E-state index in [4.69, 9.17) is 0 Å². The quantitative estimate of drug-likeness (QED) is 0.417. The molecule has 8 nitrogen and oxygen atoms in total. The molecule has 1 aliphatic carbocycles. The van der Waals surface area contributed by atoms with Crippen molar-refractivity contribution < 1.29 is 13.2 Å².